The lowest BCUT2D eigenvalue weighted by Gasteiger charge is -2.09. The first-order valence-electron chi connectivity index (χ1n) is 5.71. The number of nitrogens with one attached hydrogen (secondary N) is 1. The molecule has 0 unspecified atom stereocenters. The SMILES string of the molecule is Cc1noc(CNS(=O)(=O)c2cc(Cl)cc(CO)c2F)n1. The van der Waals surface area contributed by atoms with Crippen LogP contribution in [-0.2, 0) is 23.2 Å². The van der Waals surface area contributed by atoms with Gasteiger partial charge in [0.2, 0.25) is 15.9 Å². The van der Waals surface area contributed by atoms with Crippen LogP contribution in [0.5, 0.6) is 0 Å². The molecular formula is C11H11ClFN3O4S. The summed E-state index contributed by atoms with van der Waals surface area (Å²) in [7, 11) is -4.18. The van der Waals surface area contributed by atoms with Crippen molar-refractivity contribution in [2.45, 2.75) is 25.0 Å². The first-order valence-corrected chi connectivity index (χ1v) is 7.57. The van der Waals surface area contributed by atoms with Gasteiger partial charge in [-0.2, -0.15) is 4.98 Å². The molecule has 0 amide bonds. The lowest BCUT2D eigenvalue weighted by molar-refractivity contribution is 0.274. The molecule has 0 spiro atoms. The number of aryl methyl sites for hydroxylation is 1. The molecule has 7 nitrogen and oxygen atoms in total. The number of aliphatic hydroxyl groups is 1. The summed E-state index contributed by atoms with van der Waals surface area (Å²) in [5, 5.41) is 12.5. The smallest absolute Gasteiger partial charge is 0.244 e. The first-order chi connectivity index (χ1) is 9.83. The van der Waals surface area contributed by atoms with E-state index in [1.165, 1.54) is 0 Å². The molecule has 2 N–H and O–H groups in total. The molecule has 0 fully saturated rings. The normalized spacial score (nSPS) is 11.8. The van der Waals surface area contributed by atoms with Gasteiger partial charge < -0.3 is 9.63 Å². The Kier molecular flexibility index (Phi) is 4.57. The molecular weight excluding hydrogens is 325 g/mol. The van der Waals surface area contributed by atoms with Crippen LogP contribution in [0.2, 0.25) is 5.02 Å². The number of aliphatic hydroxyl groups excluding tert-OH is 1. The Morgan fingerprint density at radius 2 is 2.19 bits per heavy atom. The fourth-order valence-corrected chi connectivity index (χ4v) is 3.00. The molecule has 0 bridgehead atoms. The lowest BCUT2D eigenvalue weighted by atomic mass is 10.2. The number of halogens is 2. The number of hydrogen-bond donors (Lipinski definition) is 2. The van der Waals surface area contributed by atoms with Crippen LogP contribution in [0.25, 0.3) is 0 Å². The van der Waals surface area contributed by atoms with Gasteiger partial charge in [-0.3, -0.25) is 0 Å². The van der Waals surface area contributed by atoms with Crippen molar-refractivity contribution >= 4 is 21.6 Å². The number of rotatable bonds is 5. The molecule has 1 aromatic carbocycles. The zero-order chi connectivity index (χ0) is 15.6. The summed E-state index contributed by atoms with van der Waals surface area (Å²) in [6.45, 7) is 0.618. The molecule has 0 saturated carbocycles. The van der Waals surface area contributed by atoms with E-state index in [2.05, 4.69) is 14.9 Å². The largest absolute Gasteiger partial charge is 0.392 e. The maximum atomic E-state index is 14.0. The van der Waals surface area contributed by atoms with E-state index in [9.17, 15) is 12.8 Å². The molecule has 114 valence electrons. The average molecular weight is 336 g/mol. The number of sulfonamides is 1. The third-order valence-corrected chi connectivity index (χ3v) is 4.14. The first kappa shape index (κ1) is 15.8. The third kappa shape index (κ3) is 3.56. The van der Waals surface area contributed by atoms with Crippen LogP contribution in [0.15, 0.2) is 21.6 Å². The Balaban J connectivity index is 2.29. The van der Waals surface area contributed by atoms with E-state index in [0.717, 1.165) is 12.1 Å². The lowest BCUT2D eigenvalue weighted by Crippen LogP contribution is -2.24. The van der Waals surface area contributed by atoms with Crippen LogP contribution >= 0.6 is 11.6 Å². The van der Waals surface area contributed by atoms with E-state index in [1.807, 2.05) is 0 Å². The minimum Gasteiger partial charge on any atom is -0.392 e. The van der Waals surface area contributed by atoms with E-state index >= 15 is 0 Å². The fraction of sp³-hybridized carbons (Fsp3) is 0.273. The molecule has 1 heterocycles. The number of benzene rings is 1. The number of hydrogen-bond acceptors (Lipinski definition) is 6. The molecule has 10 heteroatoms. The van der Waals surface area contributed by atoms with Crippen molar-refractivity contribution < 1.29 is 22.4 Å². The third-order valence-electron chi connectivity index (χ3n) is 2.52. The molecule has 2 aromatic rings. The Morgan fingerprint density at radius 3 is 2.76 bits per heavy atom. The highest BCUT2D eigenvalue weighted by atomic mass is 35.5. The van der Waals surface area contributed by atoms with E-state index in [1.54, 1.807) is 6.92 Å². The van der Waals surface area contributed by atoms with Gasteiger partial charge >= 0.3 is 0 Å². The maximum Gasteiger partial charge on any atom is 0.244 e. The van der Waals surface area contributed by atoms with Crippen molar-refractivity contribution in [3.05, 3.63) is 40.3 Å². The van der Waals surface area contributed by atoms with Crippen molar-refractivity contribution in [3.8, 4) is 0 Å². The van der Waals surface area contributed by atoms with Crippen LogP contribution in [0.1, 0.15) is 17.3 Å². The van der Waals surface area contributed by atoms with E-state index in [-0.39, 0.29) is 23.0 Å². The van der Waals surface area contributed by atoms with Gasteiger partial charge in [0.25, 0.3) is 0 Å². The Bertz CT molecular complexity index is 763. The van der Waals surface area contributed by atoms with Crippen LogP contribution in [-0.4, -0.2) is 23.7 Å². The van der Waals surface area contributed by atoms with E-state index in [4.69, 9.17) is 21.2 Å². The summed E-state index contributed by atoms with van der Waals surface area (Å²) < 4.78 is 45.0. The monoisotopic (exact) mass is 335 g/mol. The van der Waals surface area contributed by atoms with Gasteiger partial charge in [0.1, 0.15) is 10.7 Å². The summed E-state index contributed by atoms with van der Waals surface area (Å²) in [4.78, 5) is 3.16. The number of nitrogens with zero attached hydrogens (tertiary/aromatic N) is 2. The molecule has 0 saturated heterocycles. The van der Waals surface area contributed by atoms with Gasteiger partial charge in [-0.25, -0.2) is 17.5 Å². The molecule has 2 rings (SSSR count). The highest BCUT2D eigenvalue weighted by molar-refractivity contribution is 7.89. The zero-order valence-electron chi connectivity index (χ0n) is 10.8. The average Bonchev–Trinajstić information content (AvgIpc) is 2.84. The topological polar surface area (TPSA) is 105 Å². The molecule has 21 heavy (non-hydrogen) atoms. The molecule has 0 aliphatic heterocycles. The summed E-state index contributed by atoms with van der Waals surface area (Å²) in [6, 6.07) is 2.11. The molecule has 0 atom stereocenters. The second-order valence-electron chi connectivity index (χ2n) is 4.10. The van der Waals surface area contributed by atoms with Gasteiger partial charge in [0.15, 0.2) is 5.82 Å². The predicted molar refractivity (Wildman–Crippen MR) is 70.4 cm³/mol. The van der Waals surface area contributed by atoms with Crippen molar-refractivity contribution in [1.82, 2.24) is 14.9 Å². The van der Waals surface area contributed by atoms with Gasteiger partial charge in [0.05, 0.1) is 13.2 Å². The second kappa shape index (κ2) is 6.06. The summed E-state index contributed by atoms with van der Waals surface area (Å²) >= 11 is 5.72. The van der Waals surface area contributed by atoms with Crippen LogP contribution in [0, 0.1) is 12.7 Å². The second-order valence-corrected chi connectivity index (χ2v) is 6.27. The summed E-state index contributed by atoms with van der Waals surface area (Å²) in [5.41, 5.74) is -0.212. The summed E-state index contributed by atoms with van der Waals surface area (Å²) in [5.74, 6) is -0.669. The zero-order valence-corrected chi connectivity index (χ0v) is 12.4. The summed E-state index contributed by atoms with van der Waals surface area (Å²) in [6.07, 6.45) is 0. The van der Waals surface area contributed by atoms with Crippen molar-refractivity contribution in [3.63, 3.8) is 0 Å². The molecule has 0 aliphatic carbocycles. The van der Waals surface area contributed by atoms with Gasteiger partial charge in [-0.1, -0.05) is 16.8 Å². The highest BCUT2D eigenvalue weighted by Gasteiger charge is 2.23. The standard InChI is InChI=1S/C11H11ClFN3O4S/c1-6-15-10(20-16-6)4-14-21(18,19)9-3-8(12)2-7(5-17)11(9)13/h2-3,14,17H,4-5H2,1H3. The molecule has 0 radical (unpaired) electrons. The molecule has 0 aliphatic rings. The van der Waals surface area contributed by atoms with Crippen LogP contribution < -0.4 is 4.72 Å². The quantitative estimate of drug-likeness (QED) is 0.849. The van der Waals surface area contributed by atoms with Crippen molar-refractivity contribution in [2.75, 3.05) is 0 Å². The van der Waals surface area contributed by atoms with Crippen LogP contribution in [0.4, 0.5) is 4.39 Å². The number of aromatic nitrogens is 2. The minimum absolute atomic E-state index is 0.00513. The van der Waals surface area contributed by atoms with Crippen LogP contribution in [0.3, 0.4) is 0 Å². The van der Waals surface area contributed by atoms with E-state index in [0.29, 0.717) is 5.82 Å². The van der Waals surface area contributed by atoms with Gasteiger partial charge in [-0.15, -0.1) is 0 Å². The predicted octanol–water partition coefficient (Wildman–Crippen LogP) is 1.14. The van der Waals surface area contributed by atoms with Gasteiger partial charge in [0, 0.05) is 10.6 Å². The Labute approximate surface area is 124 Å². The Hall–Kier alpha value is -1.55. The maximum absolute atomic E-state index is 14.0. The fourth-order valence-electron chi connectivity index (χ4n) is 1.58. The Morgan fingerprint density at radius 1 is 1.48 bits per heavy atom. The van der Waals surface area contributed by atoms with E-state index < -0.39 is 27.3 Å². The highest BCUT2D eigenvalue weighted by Crippen LogP contribution is 2.23. The van der Waals surface area contributed by atoms with Crippen molar-refractivity contribution in [1.29, 1.82) is 0 Å². The minimum atomic E-state index is -4.18. The molecule has 1 aromatic heterocycles. The van der Waals surface area contributed by atoms with Crippen molar-refractivity contribution in [2.24, 2.45) is 0 Å². The van der Waals surface area contributed by atoms with Gasteiger partial charge in [-0.05, 0) is 19.1 Å².